The number of carboxylic acids is 1. The number of rotatable bonds is 3. The molecule has 2 rings (SSSR count). The summed E-state index contributed by atoms with van der Waals surface area (Å²) < 4.78 is 0. The topological polar surface area (TPSA) is 40.5 Å². The van der Waals surface area contributed by atoms with Crippen LogP contribution in [0.2, 0.25) is 0 Å². The molecule has 1 unspecified atom stereocenters. The summed E-state index contributed by atoms with van der Waals surface area (Å²) in [6, 6.07) is 1.79. The Labute approximate surface area is 93.3 Å². The molecule has 0 radical (unpaired) electrons. The van der Waals surface area contributed by atoms with Gasteiger partial charge in [0.25, 0.3) is 0 Å². The summed E-state index contributed by atoms with van der Waals surface area (Å²) in [5.41, 5.74) is 1.23. The lowest BCUT2D eigenvalue weighted by Gasteiger charge is -2.32. The van der Waals surface area contributed by atoms with Gasteiger partial charge in [0.1, 0.15) is 6.04 Å². The van der Waals surface area contributed by atoms with Crippen molar-refractivity contribution in [3.05, 3.63) is 22.4 Å². The van der Waals surface area contributed by atoms with Crippen LogP contribution in [0, 0.1) is 0 Å². The fourth-order valence-corrected chi connectivity index (χ4v) is 2.74. The average Bonchev–Trinajstić information content (AvgIpc) is 2.71. The van der Waals surface area contributed by atoms with Crippen molar-refractivity contribution in [1.82, 2.24) is 4.90 Å². The number of hydrogen-bond acceptors (Lipinski definition) is 3. The van der Waals surface area contributed by atoms with E-state index in [4.69, 9.17) is 5.11 Å². The van der Waals surface area contributed by atoms with Crippen LogP contribution in [-0.2, 0) is 11.3 Å². The van der Waals surface area contributed by atoms with E-state index in [0.29, 0.717) is 0 Å². The lowest BCUT2D eigenvalue weighted by Crippen LogP contribution is -2.43. The van der Waals surface area contributed by atoms with Crippen molar-refractivity contribution in [2.24, 2.45) is 0 Å². The summed E-state index contributed by atoms with van der Waals surface area (Å²) in [7, 11) is 0. The zero-order valence-electron chi connectivity index (χ0n) is 8.56. The van der Waals surface area contributed by atoms with E-state index in [2.05, 4.69) is 16.3 Å². The number of hydrogen-bond donors (Lipinski definition) is 1. The molecule has 15 heavy (non-hydrogen) atoms. The Kier molecular flexibility index (Phi) is 3.38. The zero-order valence-corrected chi connectivity index (χ0v) is 9.37. The highest BCUT2D eigenvalue weighted by molar-refractivity contribution is 7.07. The second-order valence-electron chi connectivity index (χ2n) is 3.95. The first-order valence-corrected chi connectivity index (χ1v) is 6.19. The van der Waals surface area contributed by atoms with Gasteiger partial charge in [0.15, 0.2) is 0 Å². The fourth-order valence-electron chi connectivity index (χ4n) is 2.08. The molecule has 1 aromatic rings. The van der Waals surface area contributed by atoms with Gasteiger partial charge in [-0.1, -0.05) is 6.42 Å². The number of likely N-dealkylation sites (tertiary alicyclic amines) is 1. The minimum atomic E-state index is -0.676. The molecule has 4 heteroatoms. The largest absolute Gasteiger partial charge is 0.480 e. The highest BCUT2D eigenvalue weighted by atomic mass is 32.1. The molecule has 1 aliphatic heterocycles. The van der Waals surface area contributed by atoms with Crippen molar-refractivity contribution in [2.75, 3.05) is 6.54 Å². The minimum absolute atomic E-state index is 0.279. The van der Waals surface area contributed by atoms with Crippen LogP contribution in [-0.4, -0.2) is 28.6 Å². The summed E-state index contributed by atoms with van der Waals surface area (Å²) in [6.07, 6.45) is 2.95. The van der Waals surface area contributed by atoms with Crippen molar-refractivity contribution in [3.8, 4) is 0 Å². The molecular weight excluding hydrogens is 210 g/mol. The van der Waals surface area contributed by atoms with Crippen LogP contribution in [0.5, 0.6) is 0 Å². The number of carboxylic acid groups (broad SMARTS) is 1. The van der Waals surface area contributed by atoms with Gasteiger partial charge < -0.3 is 5.11 Å². The van der Waals surface area contributed by atoms with Gasteiger partial charge >= 0.3 is 5.97 Å². The normalized spacial score (nSPS) is 22.8. The molecule has 0 spiro atoms. The van der Waals surface area contributed by atoms with Crippen LogP contribution >= 0.6 is 11.3 Å². The van der Waals surface area contributed by atoms with Gasteiger partial charge in [0.05, 0.1) is 0 Å². The van der Waals surface area contributed by atoms with E-state index in [-0.39, 0.29) is 6.04 Å². The minimum Gasteiger partial charge on any atom is -0.480 e. The molecule has 2 heterocycles. The molecule has 1 saturated heterocycles. The Hall–Kier alpha value is -0.870. The van der Waals surface area contributed by atoms with Gasteiger partial charge in [-0.05, 0) is 41.8 Å². The predicted molar refractivity (Wildman–Crippen MR) is 60.0 cm³/mol. The molecule has 0 amide bonds. The summed E-state index contributed by atoms with van der Waals surface area (Å²) in [6.45, 7) is 1.69. The molecule has 0 saturated carbocycles. The van der Waals surface area contributed by atoms with E-state index in [1.54, 1.807) is 11.3 Å². The van der Waals surface area contributed by atoms with E-state index in [1.165, 1.54) is 5.56 Å². The highest BCUT2D eigenvalue weighted by Crippen LogP contribution is 2.20. The van der Waals surface area contributed by atoms with E-state index >= 15 is 0 Å². The molecule has 82 valence electrons. The molecule has 1 fully saturated rings. The van der Waals surface area contributed by atoms with Crippen molar-refractivity contribution < 1.29 is 9.90 Å². The molecule has 1 aliphatic rings. The van der Waals surface area contributed by atoms with E-state index in [9.17, 15) is 4.79 Å². The monoisotopic (exact) mass is 225 g/mol. The number of nitrogens with zero attached hydrogens (tertiary/aromatic N) is 1. The first-order valence-electron chi connectivity index (χ1n) is 5.25. The van der Waals surface area contributed by atoms with Crippen LogP contribution in [0.15, 0.2) is 16.8 Å². The zero-order chi connectivity index (χ0) is 10.7. The van der Waals surface area contributed by atoms with Crippen LogP contribution in [0.1, 0.15) is 24.8 Å². The quantitative estimate of drug-likeness (QED) is 0.857. The van der Waals surface area contributed by atoms with Crippen molar-refractivity contribution in [3.63, 3.8) is 0 Å². The SMILES string of the molecule is O=C(O)C1CCCCN1Cc1ccsc1. The maximum absolute atomic E-state index is 11.1. The Morgan fingerprint density at radius 1 is 1.60 bits per heavy atom. The summed E-state index contributed by atoms with van der Waals surface area (Å²) in [4.78, 5) is 13.1. The van der Waals surface area contributed by atoms with Crippen LogP contribution in [0.3, 0.4) is 0 Å². The Bertz CT molecular complexity index is 323. The molecule has 1 aromatic heterocycles. The van der Waals surface area contributed by atoms with Crippen molar-refractivity contribution >= 4 is 17.3 Å². The van der Waals surface area contributed by atoms with E-state index in [1.807, 2.05) is 5.38 Å². The average molecular weight is 225 g/mol. The lowest BCUT2D eigenvalue weighted by atomic mass is 10.0. The summed E-state index contributed by atoms with van der Waals surface area (Å²) >= 11 is 1.66. The molecule has 1 N–H and O–H groups in total. The Morgan fingerprint density at radius 2 is 2.47 bits per heavy atom. The summed E-state index contributed by atoms with van der Waals surface area (Å²) in [5, 5.41) is 13.2. The van der Waals surface area contributed by atoms with E-state index < -0.39 is 5.97 Å². The van der Waals surface area contributed by atoms with Gasteiger partial charge in [0, 0.05) is 6.54 Å². The smallest absolute Gasteiger partial charge is 0.320 e. The maximum Gasteiger partial charge on any atom is 0.320 e. The lowest BCUT2D eigenvalue weighted by molar-refractivity contribution is -0.144. The van der Waals surface area contributed by atoms with Crippen molar-refractivity contribution in [2.45, 2.75) is 31.8 Å². The van der Waals surface area contributed by atoms with Gasteiger partial charge in [-0.25, -0.2) is 0 Å². The number of carbonyl (C=O) groups is 1. The number of piperidine rings is 1. The third-order valence-corrected chi connectivity index (χ3v) is 3.60. The maximum atomic E-state index is 11.1. The van der Waals surface area contributed by atoms with Crippen molar-refractivity contribution in [1.29, 1.82) is 0 Å². The molecule has 0 bridgehead atoms. The molecule has 0 aliphatic carbocycles. The third-order valence-electron chi connectivity index (χ3n) is 2.86. The first kappa shape index (κ1) is 10.6. The third kappa shape index (κ3) is 2.58. The second-order valence-corrected chi connectivity index (χ2v) is 4.73. The number of aliphatic carboxylic acids is 1. The number of thiophene rings is 1. The highest BCUT2D eigenvalue weighted by Gasteiger charge is 2.28. The standard InChI is InChI=1S/C11H15NO2S/c13-11(14)10-3-1-2-5-12(10)7-9-4-6-15-8-9/h4,6,8,10H,1-3,5,7H2,(H,13,14). The van der Waals surface area contributed by atoms with Gasteiger partial charge in [0.2, 0.25) is 0 Å². The fraction of sp³-hybridized carbons (Fsp3) is 0.545. The van der Waals surface area contributed by atoms with Gasteiger partial charge in [-0.3, -0.25) is 9.69 Å². The molecule has 1 atom stereocenters. The summed E-state index contributed by atoms with van der Waals surface area (Å²) in [5.74, 6) is -0.676. The van der Waals surface area contributed by atoms with Gasteiger partial charge in [-0.2, -0.15) is 11.3 Å². The second kappa shape index (κ2) is 4.77. The Balaban J connectivity index is 2.02. The van der Waals surface area contributed by atoms with Crippen LogP contribution in [0.25, 0.3) is 0 Å². The van der Waals surface area contributed by atoms with Gasteiger partial charge in [-0.15, -0.1) is 0 Å². The molecule has 3 nitrogen and oxygen atoms in total. The molecular formula is C11H15NO2S. The Morgan fingerprint density at radius 3 is 3.13 bits per heavy atom. The predicted octanol–water partition coefficient (Wildman–Crippen LogP) is 2.19. The first-order chi connectivity index (χ1) is 7.27. The van der Waals surface area contributed by atoms with E-state index in [0.717, 1.165) is 32.4 Å². The van der Waals surface area contributed by atoms with Crippen LogP contribution in [0.4, 0.5) is 0 Å². The van der Waals surface area contributed by atoms with Crippen LogP contribution < -0.4 is 0 Å². The molecule has 0 aromatic carbocycles.